The summed E-state index contributed by atoms with van der Waals surface area (Å²) in [5.74, 6) is 0.619. The van der Waals surface area contributed by atoms with E-state index >= 15 is 0 Å². The fourth-order valence-corrected chi connectivity index (χ4v) is 1.93. The minimum Gasteiger partial charge on any atom is -0.346 e. The predicted molar refractivity (Wildman–Crippen MR) is 82.9 cm³/mol. The molecule has 3 unspecified atom stereocenters. The van der Waals surface area contributed by atoms with E-state index in [4.69, 9.17) is 10.3 Å². The van der Waals surface area contributed by atoms with E-state index < -0.39 is 0 Å². The Kier molecular flexibility index (Phi) is 5.27. The summed E-state index contributed by atoms with van der Waals surface area (Å²) in [4.78, 5) is 16.3. The molecule has 0 aliphatic carbocycles. The van der Waals surface area contributed by atoms with Crippen molar-refractivity contribution in [3.63, 3.8) is 0 Å². The fourth-order valence-electron chi connectivity index (χ4n) is 1.93. The average Bonchev–Trinajstić information content (AvgIpc) is 2.96. The smallest absolute Gasteiger partial charge is 0.231 e. The van der Waals surface area contributed by atoms with Gasteiger partial charge < -0.3 is 15.6 Å². The molecule has 2 aromatic rings. The second-order valence-corrected chi connectivity index (χ2v) is 5.59. The molecule has 0 spiro atoms. The number of carbonyl (C=O) groups excluding carboxylic acids is 1. The zero-order valence-corrected chi connectivity index (χ0v) is 13.1. The topological polar surface area (TPSA) is 94.0 Å². The van der Waals surface area contributed by atoms with Gasteiger partial charge in [0.05, 0.1) is 12.5 Å². The summed E-state index contributed by atoms with van der Waals surface area (Å²) in [6, 6.07) is 9.36. The quantitative estimate of drug-likeness (QED) is 0.849. The van der Waals surface area contributed by atoms with Crippen LogP contribution in [-0.4, -0.2) is 22.1 Å². The number of amides is 1. The molecule has 1 heterocycles. The van der Waals surface area contributed by atoms with Gasteiger partial charge in [0.1, 0.15) is 0 Å². The Labute approximate surface area is 130 Å². The Balaban J connectivity index is 1.97. The van der Waals surface area contributed by atoms with E-state index in [9.17, 15) is 4.79 Å². The van der Waals surface area contributed by atoms with Crippen LogP contribution in [0, 0.1) is 5.92 Å². The molecule has 6 heteroatoms. The molecule has 1 amide bonds. The van der Waals surface area contributed by atoms with Crippen molar-refractivity contribution in [1.29, 1.82) is 0 Å². The van der Waals surface area contributed by atoms with E-state index in [2.05, 4.69) is 15.5 Å². The van der Waals surface area contributed by atoms with E-state index in [1.165, 1.54) is 0 Å². The van der Waals surface area contributed by atoms with Gasteiger partial charge in [-0.2, -0.15) is 4.98 Å². The molecule has 0 fully saturated rings. The SMILES string of the molecule is CC(NC(=O)C(C)C(C)N)c1noc(Cc2ccccc2)n1. The molecule has 6 nitrogen and oxygen atoms in total. The van der Waals surface area contributed by atoms with Gasteiger partial charge in [0.25, 0.3) is 0 Å². The lowest BCUT2D eigenvalue weighted by molar-refractivity contribution is -0.125. The zero-order chi connectivity index (χ0) is 16.1. The van der Waals surface area contributed by atoms with E-state index in [1.807, 2.05) is 37.3 Å². The van der Waals surface area contributed by atoms with Gasteiger partial charge in [-0.15, -0.1) is 0 Å². The zero-order valence-electron chi connectivity index (χ0n) is 13.1. The first kappa shape index (κ1) is 16.2. The molecular formula is C16H22N4O2. The minimum absolute atomic E-state index is 0.114. The van der Waals surface area contributed by atoms with E-state index in [0.717, 1.165) is 5.56 Å². The number of rotatable bonds is 6. The third kappa shape index (κ3) is 4.14. The average molecular weight is 302 g/mol. The molecule has 1 aromatic carbocycles. The van der Waals surface area contributed by atoms with Crippen LogP contribution in [0.3, 0.4) is 0 Å². The van der Waals surface area contributed by atoms with Crippen molar-refractivity contribution < 1.29 is 9.32 Å². The number of nitrogens with zero attached hydrogens (tertiary/aromatic N) is 2. The summed E-state index contributed by atoms with van der Waals surface area (Å²) in [7, 11) is 0. The van der Waals surface area contributed by atoms with Gasteiger partial charge in [-0.25, -0.2) is 0 Å². The highest BCUT2D eigenvalue weighted by Gasteiger charge is 2.21. The highest BCUT2D eigenvalue weighted by atomic mass is 16.5. The van der Waals surface area contributed by atoms with Gasteiger partial charge in [-0.05, 0) is 19.4 Å². The van der Waals surface area contributed by atoms with Gasteiger partial charge >= 0.3 is 0 Å². The summed E-state index contributed by atoms with van der Waals surface area (Å²) in [5, 5.41) is 6.79. The number of aromatic nitrogens is 2. The molecule has 0 aliphatic heterocycles. The van der Waals surface area contributed by atoms with Gasteiger partial charge in [-0.3, -0.25) is 4.79 Å². The van der Waals surface area contributed by atoms with Gasteiger partial charge in [-0.1, -0.05) is 42.4 Å². The molecule has 0 saturated carbocycles. The Bertz CT molecular complexity index is 610. The Morgan fingerprint density at radius 1 is 1.27 bits per heavy atom. The molecular weight excluding hydrogens is 280 g/mol. The molecule has 0 saturated heterocycles. The van der Waals surface area contributed by atoms with Crippen LogP contribution < -0.4 is 11.1 Å². The van der Waals surface area contributed by atoms with Crippen LogP contribution in [0.1, 0.15) is 44.1 Å². The second-order valence-electron chi connectivity index (χ2n) is 5.59. The number of hydrogen-bond acceptors (Lipinski definition) is 5. The monoisotopic (exact) mass is 302 g/mol. The summed E-state index contributed by atoms with van der Waals surface area (Å²) >= 11 is 0. The molecule has 1 aromatic heterocycles. The maximum absolute atomic E-state index is 12.0. The van der Waals surface area contributed by atoms with E-state index in [-0.39, 0.29) is 23.9 Å². The Morgan fingerprint density at radius 2 is 1.95 bits per heavy atom. The van der Waals surface area contributed by atoms with Crippen molar-refractivity contribution in [2.75, 3.05) is 0 Å². The van der Waals surface area contributed by atoms with Gasteiger partial charge in [0.2, 0.25) is 11.8 Å². The predicted octanol–water partition coefficient (Wildman–Crippen LogP) is 1.82. The van der Waals surface area contributed by atoms with E-state index in [0.29, 0.717) is 18.1 Å². The van der Waals surface area contributed by atoms with Crippen LogP contribution in [0.2, 0.25) is 0 Å². The summed E-state index contributed by atoms with van der Waals surface area (Å²) in [5.41, 5.74) is 6.83. The number of nitrogens with two attached hydrogens (primary N) is 1. The molecule has 0 bridgehead atoms. The number of nitrogens with one attached hydrogen (secondary N) is 1. The van der Waals surface area contributed by atoms with Crippen molar-refractivity contribution in [2.24, 2.45) is 11.7 Å². The lowest BCUT2D eigenvalue weighted by Crippen LogP contribution is -2.39. The van der Waals surface area contributed by atoms with Crippen molar-refractivity contribution in [3.8, 4) is 0 Å². The fraction of sp³-hybridized carbons (Fsp3) is 0.438. The normalized spacial score (nSPS) is 15.1. The van der Waals surface area contributed by atoms with Crippen LogP contribution in [0.25, 0.3) is 0 Å². The third-order valence-electron chi connectivity index (χ3n) is 3.63. The van der Waals surface area contributed by atoms with Crippen LogP contribution >= 0.6 is 0 Å². The Morgan fingerprint density at radius 3 is 2.59 bits per heavy atom. The van der Waals surface area contributed by atoms with Crippen LogP contribution in [0.15, 0.2) is 34.9 Å². The molecule has 22 heavy (non-hydrogen) atoms. The lowest BCUT2D eigenvalue weighted by atomic mass is 10.0. The van der Waals surface area contributed by atoms with Gasteiger partial charge in [0.15, 0.2) is 5.82 Å². The maximum atomic E-state index is 12.0. The van der Waals surface area contributed by atoms with Gasteiger partial charge in [0, 0.05) is 12.0 Å². The van der Waals surface area contributed by atoms with Crippen LogP contribution in [0.4, 0.5) is 0 Å². The molecule has 0 aliphatic rings. The largest absolute Gasteiger partial charge is 0.346 e. The molecule has 0 radical (unpaired) electrons. The third-order valence-corrected chi connectivity index (χ3v) is 3.63. The lowest BCUT2D eigenvalue weighted by Gasteiger charge is -2.17. The van der Waals surface area contributed by atoms with Crippen molar-refractivity contribution >= 4 is 5.91 Å². The number of benzene rings is 1. The maximum Gasteiger partial charge on any atom is 0.231 e. The van der Waals surface area contributed by atoms with Crippen LogP contribution in [0.5, 0.6) is 0 Å². The highest BCUT2D eigenvalue weighted by molar-refractivity contribution is 5.79. The molecule has 2 rings (SSSR count). The summed E-state index contributed by atoms with van der Waals surface area (Å²) in [6.07, 6.45) is 0.574. The standard InChI is InChI=1S/C16H22N4O2/c1-10(11(2)17)16(21)18-12(3)15-19-14(22-20-15)9-13-7-5-4-6-8-13/h4-8,10-12H,9,17H2,1-3H3,(H,18,21). The second kappa shape index (κ2) is 7.17. The minimum atomic E-state index is -0.318. The first-order valence-corrected chi connectivity index (χ1v) is 7.39. The molecule has 3 N–H and O–H groups in total. The van der Waals surface area contributed by atoms with Crippen LogP contribution in [-0.2, 0) is 11.2 Å². The summed E-state index contributed by atoms with van der Waals surface area (Å²) in [6.45, 7) is 5.42. The van der Waals surface area contributed by atoms with E-state index in [1.54, 1.807) is 13.8 Å². The first-order chi connectivity index (χ1) is 10.5. The molecule has 118 valence electrons. The van der Waals surface area contributed by atoms with Crippen molar-refractivity contribution in [1.82, 2.24) is 15.5 Å². The number of carbonyl (C=O) groups is 1. The Hall–Kier alpha value is -2.21. The highest BCUT2D eigenvalue weighted by Crippen LogP contribution is 2.13. The first-order valence-electron chi connectivity index (χ1n) is 7.39. The van der Waals surface area contributed by atoms with Crippen molar-refractivity contribution in [2.45, 2.75) is 39.3 Å². The van der Waals surface area contributed by atoms with Crippen molar-refractivity contribution in [3.05, 3.63) is 47.6 Å². The summed E-state index contributed by atoms with van der Waals surface area (Å²) < 4.78 is 5.24. The molecule has 3 atom stereocenters. The number of hydrogen-bond donors (Lipinski definition) is 2.